The van der Waals surface area contributed by atoms with Crippen LogP contribution >= 0.6 is 24.0 Å². The van der Waals surface area contributed by atoms with E-state index in [9.17, 15) is 9.90 Å². The van der Waals surface area contributed by atoms with Gasteiger partial charge in [-0.05, 0) is 13.8 Å². The second-order valence-electron chi connectivity index (χ2n) is 2.94. The third kappa shape index (κ3) is 3.90. The summed E-state index contributed by atoms with van der Waals surface area (Å²) in [5, 5.41) is 10.2. The van der Waals surface area contributed by atoms with E-state index in [0.29, 0.717) is 10.5 Å². The van der Waals surface area contributed by atoms with Crippen molar-refractivity contribution >= 4 is 30.2 Å². The van der Waals surface area contributed by atoms with E-state index in [-0.39, 0.29) is 12.4 Å². The van der Waals surface area contributed by atoms with Gasteiger partial charge >= 0.3 is 0 Å². The van der Waals surface area contributed by atoms with Crippen LogP contribution in [-0.4, -0.2) is 36.0 Å². The maximum atomic E-state index is 10.2. The number of halogens is 2. The van der Waals surface area contributed by atoms with E-state index in [1.54, 1.807) is 6.92 Å². The minimum atomic E-state index is -1.50. The molecule has 0 aliphatic rings. The summed E-state index contributed by atoms with van der Waals surface area (Å²) in [7, 11) is 0. The van der Waals surface area contributed by atoms with Gasteiger partial charge < -0.3 is 14.6 Å². The predicted octanol–water partition coefficient (Wildman–Crippen LogP) is 1.17. The van der Waals surface area contributed by atoms with Crippen LogP contribution in [0.25, 0.3) is 0 Å². The van der Waals surface area contributed by atoms with Crippen LogP contribution in [0, 0.1) is 0 Å². The van der Waals surface area contributed by atoms with Crippen LogP contribution in [0.1, 0.15) is 20.8 Å². The van der Waals surface area contributed by atoms with Gasteiger partial charge in [-0.3, -0.25) is 4.48 Å². The zero-order chi connectivity index (χ0) is 10.5. The molecule has 1 unspecified atom stereocenters. The third-order valence-electron chi connectivity index (χ3n) is 2.54. The molecule has 1 atom stereocenters. The molecule has 0 aromatic carbocycles. The van der Waals surface area contributed by atoms with Gasteiger partial charge in [0.2, 0.25) is 0 Å². The number of carbonyl (C=O) groups excluding carboxylic acids is 1. The molecule has 0 bridgehead atoms. The fourth-order valence-corrected chi connectivity index (χ4v) is 1.79. The Morgan fingerprint density at radius 2 is 1.93 bits per heavy atom. The van der Waals surface area contributed by atoms with Gasteiger partial charge in [0.15, 0.2) is 12.2 Å². The van der Waals surface area contributed by atoms with E-state index in [2.05, 4.69) is 4.74 Å². The van der Waals surface area contributed by atoms with Gasteiger partial charge in [0.25, 0.3) is 6.16 Å². The minimum absolute atomic E-state index is 0. The fraction of sp³-hybridized carbons (Fsp3) is 0.875. The molecular weight excluding hydrogens is 229 g/mol. The smallest absolute Gasteiger partial charge is 0.256 e. The molecule has 0 saturated heterocycles. The summed E-state index contributed by atoms with van der Waals surface area (Å²) in [6, 6.07) is 0.335. The largest absolute Gasteiger partial charge is 0.498 e. The Labute approximate surface area is 95.8 Å². The Bertz CT molecular complexity index is 166. The van der Waals surface area contributed by atoms with Gasteiger partial charge in [0.05, 0.1) is 13.1 Å². The van der Waals surface area contributed by atoms with Gasteiger partial charge in [-0.15, -0.1) is 12.4 Å². The van der Waals surface area contributed by atoms with E-state index in [1.807, 2.05) is 13.8 Å². The number of alkyl halides is 1. The molecule has 14 heavy (non-hydrogen) atoms. The number of hydrogen-bond acceptors (Lipinski definition) is 3. The van der Waals surface area contributed by atoms with E-state index in [4.69, 9.17) is 11.6 Å². The normalized spacial score (nSPS) is 12.9. The highest BCUT2D eigenvalue weighted by Crippen LogP contribution is 2.15. The molecule has 0 rings (SSSR count). The van der Waals surface area contributed by atoms with Crippen LogP contribution in [-0.2, 0) is 4.74 Å². The van der Waals surface area contributed by atoms with Crippen LogP contribution in [0.5, 0.6) is 0 Å². The van der Waals surface area contributed by atoms with Crippen LogP contribution in [0.3, 0.4) is 0 Å². The quantitative estimate of drug-likeness (QED) is 0.240. The molecule has 0 saturated carbocycles. The van der Waals surface area contributed by atoms with Crippen molar-refractivity contribution < 1.29 is 19.1 Å². The average Bonchev–Trinajstić information content (AvgIpc) is 2.07. The molecule has 0 aromatic rings. The van der Waals surface area contributed by atoms with Crippen molar-refractivity contribution in [1.82, 2.24) is 0 Å². The molecule has 0 heterocycles. The monoisotopic (exact) mass is 245 g/mol. The first-order valence-corrected chi connectivity index (χ1v) is 4.85. The number of carbonyl (C=O) groups is 1. The number of quaternary nitrogens is 1. The standard InChI is InChI=1S/C8H16ClNO3.ClH/c1-4-10(5-2,6-9)7(3)13-8(11)12;/h7H,4-6H2,1-3H3;1H. The summed E-state index contributed by atoms with van der Waals surface area (Å²) >= 11 is 5.78. The molecule has 6 heteroatoms. The molecule has 0 aliphatic heterocycles. The maximum absolute atomic E-state index is 10.2. The van der Waals surface area contributed by atoms with E-state index < -0.39 is 12.4 Å². The first kappa shape index (κ1) is 16.2. The molecule has 0 radical (unpaired) electrons. The molecule has 0 N–H and O–H groups in total. The highest BCUT2D eigenvalue weighted by atomic mass is 35.5. The lowest BCUT2D eigenvalue weighted by atomic mass is 10.3. The Kier molecular flexibility index (Phi) is 8.30. The van der Waals surface area contributed by atoms with Gasteiger partial charge in [-0.2, -0.15) is 0 Å². The summed E-state index contributed by atoms with van der Waals surface area (Å²) in [5.74, 6) is 0. The van der Waals surface area contributed by atoms with Crippen LogP contribution < -0.4 is 5.11 Å². The Balaban J connectivity index is 0. The molecular formula is C8H17Cl2NO3. The van der Waals surface area contributed by atoms with E-state index in [0.717, 1.165) is 13.1 Å². The summed E-state index contributed by atoms with van der Waals surface area (Å²) in [4.78, 5) is 10.2. The van der Waals surface area contributed by atoms with Crippen molar-refractivity contribution in [2.24, 2.45) is 0 Å². The molecule has 0 aliphatic carbocycles. The van der Waals surface area contributed by atoms with Crippen molar-refractivity contribution in [3.8, 4) is 0 Å². The lowest BCUT2D eigenvalue weighted by Gasteiger charge is -2.41. The Hall–Kier alpha value is -0.190. The number of carboxylic acid groups (broad SMARTS) is 1. The lowest BCUT2D eigenvalue weighted by Crippen LogP contribution is -2.55. The minimum Gasteiger partial charge on any atom is -0.498 e. The predicted molar refractivity (Wildman–Crippen MR) is 55.3 cm³/mol. The molecule has 0 amide bonds. The molecule has 0 aromatic heterocycles. The first-order valence-electron chi connectivity index (χ1n) is 4.31. The van der Waals surface area contributed by atoms with E-state index >= 15 is 0 Å². The fourth-order valence-electron chi connectivity index (χ4n) is 1.26. The van der Waals surface area contributed by atoms with Crippen LogP contribution in [0.4, 0.5) is 4.79 Å². The number of hydrogen-bond donors (Lipinski definition) is 0. The van der Waals surface area contributed by atoms with Crippen LogP contribution in [0.2, 0.25) is 0 Å². The molecule has 86 valence electrons. The summed E-state index contributed by atoms with van der Waals surface area (Å²) in [5.41, 5.74) is 0. The van der Waals surface area contributed by atoms with Gasteiger partial charge in [0, 0.05) is 6.92 Å². The molecule has 4 nitrogen and oxygen atoms in total. The first-order chi connectivity index (χ1) is 6.02. The second-order valence-corrected chi connectivity index (χ2v) is 3.18. The van der Waals surface area contributed by atoms with Crippen LogP contribution in [0.15, 0.2) is 0 Å². The van der Waals surface area contributed by atoms with E-state index in [1.165, 1.54) is 0 Å². The van der Waals surface area contributed by atoms with Crippen molar-refractivity contribution in [2.75, 3.05) is 19.1 Å². The highest BCUT2D eigenvalue weighted by molar-refractivity contribution is 6.17. The second kappa shape index (κ2) is 7.15. The van der Waals surface area contributed by atoms with Crippen molar-refractivity contribution in [2.45, 2.75) is 27.0 Å². The Morgan fingerprint density at radius 3 is 2.14 bits per heavy atom. The lowest BCUT2D eigenvalue weighted by molar-refractivity contribution is -0.955. The number of nitrogens with zero attached hydrogens (tertiary/aromatic N) is 1. The van der Waals surface area contributed by atoms with Gasteiger partial charge in [0.1, 0.15) is 0 Å². The maximum Gasteiger partial charge on any atom is 0.256 e. The summed E-state index contributed by atoms with van der Waals surface area (Å²) in [6.45, 7) is 7.04. The number of ether oxygens (including phenoxy) is 1. The SMILES string of the molecule is CC[N+](CC)(CCl)C(C)OC(=O)[O-].Cl. The number of rotatable bonds is 5. The third-order valence-corrected chi connectivity index (χ3v) is 3.01. The Morgan fingerprint density at radius 1 is 1.50 bits per heavy atom. The van der Waals surface area contributed by atoms with Gasteiger partial charge in [-0.1, -0.05) is 11.6 Å². The zero-order valence-corrected chi connectivity index (χ0v) is 10.2. The molecule has 0 spiro atoms. The summed E-state index contributed by atoms with van der Waals surface area (Å²) < 4.78 is 4.99. The highest BCUT2D eigenvalue weighted by Gasteiger charge is 2.28. The summed E-state index contributed by atoms with van der Waals surface area (Å²) in [6.07, 6.45) is -1.97. The van der Waals surface area contributed by atoms with Crippen molar-refractivity contribution in [3.63, 3.8) is 0 Å². The molecule has 0 fully saturated rings. The zero-order valence-electron chi connectivity index (χ0n) is 8.66. The van der Waals surface area contributed by atoms with Crippen molar-refractivity contribution in [3.05, 3.63) is 0 Å². The van der Waals surface area contributed by atoms with Gasteiger partial charge in [-0.25, -0.2) is 0 Å². The topological polar surface area (TPSA) is 49.4 Å². The average molecular weight is 246 g/mol. The van der Waals surface area contributed by atoms with Crippen molar-refractivity contribution in [1.29, 1.82) is 0 Å².